The van der Waals surface area contributed by atoms with Gasteiger partial charge >= 0.3 is 7.82 Å². The minimum atomic E-state index is -4.78. The van der Waals surface area contributed by atoms with Gasteiger partial charge in [0.1, 0.15) is 23.9 Å². The number of nitrogens with two attached hydrogens (primary N) is 2. The summed E-state index contributed by atoms with van der Waals surface area (Å²) in [6.45, 7) is 6.05. The lowest BCUT2D eigenvalue weighted by Crippen LogP contribution is -2.56. The Balaban J connectivity index is 3.12. The summed E-state index contributed by atoms with van der Waals surface area (Å²) in [4.78, 5) is 93.5. The fourth-order valence-corrected chi connectivity index (χ4v) is 4.42. The van der Waals surface area contributed by atoms with E-state index in [0.717, 1.165) is 4.90 Å². The molecule has 0 bridgehead atoms. The van der Waals surface area contributed by atoms with Gasteiger partial charge in [0.05, 0.1) is 6.54 Å². The van der Waals surface area contributed by atoms with E-state index < -0.39 is 67.9 Å². The molecule has 240 valence electrons. The fraction of sp³-hybridized carbons (Fsp3) is 0.538. The summed E-state index contributed by atoms with van der Waals surface area (Å²) in [7, 11) is -4.78. The highest BCUT2D eigenvalue weighted by Crippen LogP contribution is 2.37. The maximum absolute atomic E-state index is 13.4. The Morgan fingerprint density at radius 2 is 1.56 bits per heavy atom. The van der Waals surface area contributed by atoms with Crippen LogP contribution in [-0.4, -0.2) is 81.3 Å². The highest BCUT2D eigenvalue weighted by molar-refractivity contribution is 7.46. The zero-order valence-corrected chi connectivity index (χ0v) is 25.5. The molecule has 1 aromatic carbocycles. The van der Waals surface area contributed by atoms with Crippen molar-refractivity contribution in [3.8, 4) is 5.75 Å². The second kappa shape index (κ2) is 17.2. The standard InChI is InChI=1S/C26H41N6O10P/c1-5-32(14-23(35)30-20(24(28)36)12-15(2)3)26(38)19(10-11-22(27)34)31-25(37)21(29-16(4)33)13-17-6-8-18(9-7-17)42-43(39,40)41/h6-9,15,19-21H,5,10-14H2,1-4H3,(H2,27,34)(H2,28,36)(H,29,33)(H,30,35)(H,31,37)(H2,39,40,41)/t19-,20-,21-/m0/s1. The molecule has 0 unspecified atom stereocenters. The molecule has 43 heavy (non-hydrogen) atoms. The smallest absolute Gasteiger partial charge is 0.404 e. The van der Waals surface area contributed by atoms with Crippen molar-refractivity contribution in [1.82, 2.24) is 20.9 Å². The maximum atomic E-state index is 13.4. The quantitative estimate of drug-likeness (QED) is 0.0957. The second-order valence-corrected chi connectivity index (χ2v) is 11.4. The second-order valence-electron chi connectivity index (χ2n) is 10.3. The van der Waals surface area contributed by atoms with Crippen LogP contribution in [0.5, 0.6) is 5.75 Å². The van der Waals surface area contributed by atoms with Gasteiger partial charge in [0.25, 0.3) is 0 Å². The van der Waals surface area contributed by atoms with Crippen LogP contribution in [-0.2, 0) is 39.8 Å². The third-order valence-electron chi connectivity index (χ3n) is 5.99. The highest BCUT2D eigenvalue weighted by atomic mass is 31.2. The van der Waals surface area contributed by atoms with Gasteiger partial charge in [-0.15, -0.1) is 0 Å². The monoisotopic (exact) mass is 628 g/mol. The number of nitrogens with zero attached hydrogens (tertiary/aromatic N) is 1. The van der Waals surface area contributed by atoms with E-state index in [4.69, 9.17) is 21.3 Å². The summed E-state index contributed by atoms with van der Waals surface area (Å²) in [5.41, 5.74) is 11.1. The number of carbonyl (C=O) groups excluding carboxylic acids is 6. The molecule has 0 heterocycles. The third-order valence-corrected chi connectivity index (χ3v) is 6.44. The first-order chi connectivity index (χ1) is 19.9. The number of nitrogens with one attached hydrogen (secondary N) is 3. The van der Waals surface area contributed by atoms with E-state index >= 15 is 0 Å². The Bertz CT molecular complexity index is 1200. The molecule has 6 amide bonds. The van der Waals surface area contributed by atoms with Gasteiger partial charge in [-0.25, -0.2) is 4.57 Å². The van der Waals surface area contributed by atoms with Gasteiger partial charge in [-0.3, -0.25) is 38.6 Å². The minimum Gasteiger partial charge on any atom is -0.404 e. The third kappa shape index (κ3) is 14.6. The van der Waals surface area contributed by atoms with Crippen molar-refractivity contribution < 1.29 is 47.6 Å². The number of hydrogen-bond acceptors (Lipinski definition) is 8. The molecule has 0 aromatic heterocycles. The molecular weight excluding hydrogens is 587 g/mol. The molecule has 9 N–H and O–H groups in total. The Morgan fingerprint density at radius 3 is 2.02 bits per heavy atom. The number of amides is 6. The summed E-state index contributed by atoms with van der Waals surface area (Å²) >= 11 is 0. The van der Waals surface area contributed by atoms with Gasteiger partial charge in [0.15, 0.2) is 0 Å². The Morgan fingerprint density at radius 1 is 0.953 bits per heavy atom. The van der Waals surface area contributed by atoms with Gasteiger partial charge in [-0.05, 0) is 43.4 Å². The van der Waals surface area contributed by atoms with Crippen LogP contribution in [0.15, 0.2) is 24.3 Å². The lowest BCUT2D eigenvalue weighted by Gasteiger charge is -2.28. The largest absolute Gasteiger partial charge is 0.524 e. The van der Waals surface area contributed by atoms with Gasteiger partial charge in [0.2, 0.25) is 35.4 Å². The van der Waals surface area contributed by atoms with Gasteiger partial charge in [-0.2, -0.15) is 0 Å². The van der Waals surface area contributed by atoms with Crippen LogP contribution in [0.2, 0.25) is 0 Å². The number of rotatable bonds is 18. The molecule has 1 rings (SSSR count). The first-order valence-electron chi connectivity index (χ1n) is 13.5. The van der Waals surface area contributed by atoms with Crippen molar-refractivity contribution in [2.75, 3.05) is 13.1 Å². The fourth-order valence-electron chi connectivity index (χ4n) is 4.03. The molecule has 0 aliphatic carbocycles. The molecule has 0 spiro atoms. The van der Waals surface area contributed by atoms with Gasteiger partial charge < -0.3 is 36.8 Å². The number of carbonyl (C=O) groups is 6. The predicted octanol–water partition coefficient (Wildman–Crippen LogP) is -1.18. The minimum absolute atomic E-state index is 0.0404. The molecule has 17 heteroatoms. The highest BCUT2D eigenvalue weighted by Gasteiger charge is 2.31. The molecule has 3 atom stereocenters. The zero-order chi connectivity index (χ0) is 32.9. The molecule has 0 aliphatic rings. The summed E-state index contributed by atoms with van der Waals surface area (Å²) < 4.78 is 15.5. The summed E-state index contributed by atoms with van der Waals surface area (Å²) in [6.07, 6.45) is -0.258. The number of benzene rings is 1. The summed E-state index contributed by atoms with van der Waals surface area (Å²) in [5, 5.41) is 7.52. The van der Waals surface area contributed by atoms with Crippen molar-refractivity contribution in [2.24, 2.45) is 17.4 Å². The maximum Gasteiger partial charge on any atom is 0.524 e. The van der Waals surface area contributed by atoms with Crippen molar-refractivity contribution in [3.05, 3.63) is 29.8 Å². The summed E-state index contributed by atoms with van der Waals surface area (Å²) in [6, 6.07) is 1.96. The number of phosphoric acid groups is 1. The zero-order valence-electron chi connectivity index (χ0n) is 24.6. The topological polar surface area (TPSA) is 261 Å². The lowest BCUT2D eigenvalue weighted by molar-refractivity contribution is -0.140. The van der Waals surface area contributed by atoms with E-state index in [9.17, 15) is 33.3 Å². The Kier molecular flexibility index (Phi) is 14.8. The van der Waals surface area contributed by atoms with Crippen LogP contribution >= 0.6 is 7.82 Å². The van der Waals surface area contributed by atoms with Crippen molar-refractivity contribution in [2.45, 2.75) is 71.5 Å². The van der Waals surface area contributed by atoms with Gasteiger partial charge in [-0.1, -0.05) is 26.0 Å². The predicted molar refractivity (Wildman–Crippen MR) is 154 cm³/mol. The van der Waals surface area contributed by atoms with E-state index in [-0.39, 0.29) is 37.5 Å². The molecule has 0 aliphatic heterocycles. The van der Waals surface area contributed by atoms with Crippen LogP contribution in [0, 0.1) is 5.92 Å². The number of likely N-dealkylation sites (N-methyl/N-ethyl adjacent to an activating group) is 1. The lowest BCUT2D eigenvalue weighted by atomic mass is 10.0. The van der Waals surface area contributed by atoms with E-state index in [1.54, 1.807) is 6.92 Å². The SMILES string of the molecule is CCN(CC(=O)N[C@@H](CC(C)C)C(N)=O)C(=O)[C@H](CCC(N)=O)NC(=O)[C@H](Cc1ccc(OP(=O)(O)O)cc1)NC(C)=O. The molecule has 1 aromatic rings. The van der Waals surface area contributed by atoms with Crippen LogP contribution in [0.25, 0.3) is 0 Å². The average Bonchev–Trinajstić information content (AvgIpc) is 2.87. The molecule has 0 saturated heterocycles. The van der Waals surface area contributed by atoms with Gasteiger partial charge in [0, 0.05) is 26.3 Å². The average molecular weight is 629 g/mol. The first-order valence-corrected chi connectivity index (χ1v) is 15.0. The molecule has 0 radical (unpaired) electrons. The molecular formula is C26H41N6O10P. The van der Waals surface area contributed by atoms with Crippen LogP contribution in [0.3, 0.4) is 0 Å². The van der Waals surface area contributed by atoms with E-state index in [2.05, 4.69) is 20.5 Å². The molecule has 16 nitrogen and oxygen atoms in total. The van der Waals surface area contributed by atoms with Crippen molar-refractivity contribution in [1.29, 1.82) is 0 Å². The van der Waals surface area contributed by atoms with Crippen LogP contribution in [0.4, 0.5) is 0 Å². The Labute approximate surface area is 249 Å². The Hall–Kier alpha value is -4.01. The normalized spacial score (nSPS) is 13.3. The summed E-state index contributed by atoms with van der Waals surface area (Å²) in [5.74, 6) is -4.21. The van der Waals surface area contributed by atoms with Crippen LogP contribution in [0.1, 0.15) is 52.5 Å². The van der Waals surface area contributed by atoms with E-state index in [1.165, 1.54) is 31.2 Å². The molecule has 0 saturated carbocycles. The number of phosphoric ester groups is 1. The van der Waals surface area contributed by atoms with Crippen molar-refractivity contribution >= 4 is 43.3 Å². The first kappa shape index (κ1) is 37.0. The number of primary amides is 2. The molecule has 0 fully saturated rings. The van der Waals surface area contributed by atoms with E-state index in [1.807, 2.05) is 13.8 Å². The van der Waals surface area contributed by atoms with E-state index in [0.29, 0.717) is 12.0 Å². The van der Waals surface area contributed by atoms with Crippen molar-refractivity contribution in [3.63, 3.8) is 0 Å². The van der Waals surface area contributed by atoms with Crippen LogP contribution < -0.4 is 31.9 Å². The number of hydrogen-bond donors (Lipinski definition) is 7.